The van der Waals surface area contributed by atoms with E-state index in [1.54, 1.807) is 6.08 Å². The summed E-state index contributed by atoms with van der Waals surface area (Å²) in [6.45, 7) is 0. The van der Waals surface area contributed by atoms with E-state index in [4.69, 9.17) is 4.74 Å². The normalized spacial score (nSPS) is 34.3. The van der Waals surface area contributed by atoms with E-state index in [0.29, 0.717) is 5.92 Å². The number of hydrogen-bond donors (Lipinski definition) is 0. The molecule has 0 saturated heterocycles. The third-order valence-electron chi connectivity index (χ3n) is 3.00. The molecular weight excluding hydrogens is 164 g/mol. The van der Waals surface area contributed by atoms with Crippen LogP contribution in [0.3, 0.4) is 0 Å². The third-order valence-corrected chi connectivity index (χ3v) is 3.00. The number of fused-ring (bicyclic) bond motifs is 1. The molecule has 2 nitrogen and oxygen atoms in total. The summed E-state index contributed by atoms with van der Waals surface area (Å²) in [5, 5.41) is 0. The van der Waals surface area contributed by atoms with Gasteiger partial charge in [-0.25, -0.2) is 4.79 Å². The fourth-order valence-corrected chi connectivity index (χ4v) is 2.24. The number of carbonyl (C=O) groups excluding carboxylic acids is 1. The van der Waals surface area contributed by atoms with Gasteiger partial charge < -0.3 is 4.74 Å². The maximum absolute atomic E-state index is 11.0. The molecule has 0 aromatic rings. The molecule has 72 valence electrons. The highest BCUT2D eigenvalue weighted by atomic mass is 16.5. The number of hydrogen-bond acceptors (Lipinski definition) is 2. The van der Waals surface area contributed by atoms with Crippen LogP contribution >= 0.6 is 0 Å². The fraction of sp³-hybridized carbons (Fsp3) is 0.727. The average Bonchev–Trinajstić information content (AvgIpc) is 2.08. The number of esters is 1. The lowest BCUT2D eigenvalue weighted by molar-refractivity contribution is -0.147. The zero-order valence-corrected chi connectivity index (χ0v) is 7.87. The lowest BCUT2D eigenvalue weighted by atomic mass is 9.87. The second kappa shape index (κ2) is 3.95. The van der Waals surface area contributed by atoms with Crippen molar-refractivity contribution in [2.24, 2.45) is 5.92 Å². The lowest BCUT2D eigenvalue weighted by Crippen LogP contribution is -2.29. The van der Waals surface area contributed by atoms with E-state index >= 15 is 0 Å². The molecule has 1 saturated carbocycles. The number of ether oxygens (including phenoxy) is 1. The highest BCUT2D eigenvalue weighted by molar-refractivity contribution is 5.82. The third kappa shape index (κ3) is 2.11. The van der Waals surface area contributed by atoms with Gasteiger partial charge in [-0.05, 0) is 19.3 Å². The Morgan fingerprint density at radius 3 is 2.77 bits per heavy atom. The molecule has 2 unspecified atom stereocenters. The van der Waals surface area contributed by atoms with E-state index in [1.807, 2.05) is 6.08 Å². The fourth-order valence-electron chi connectivity index (χ4n) is 2.24. The van der Waals surface area contributed by atoms with Crippen LogP contribution < -0.4 is 0 Å². The molecule has 13 heavy (non-hydrogen) atoms. The molecule has 0 aromatic carbocycles. The van der Waals surface area contributed by atoms with Crippen LogP contribution in [0.25, 0.3) is 0 Å². The summed E-state index contributed by atoms with van der Waals surface area (Å²) in [5.74, 6) is 0.347. The van der Waals surface area contributed by atoms with Crippen LogP contribution in [0.5, 0.6) is 0 Å². The molecule has 2 heteroatoms. The summed E-state index contributed by atoms with van der Waals surface area (Å²) in [4.78, 5) is 11.0. The second-order valence-corrected chi connectivity index (χ2v) is 3.99. The van der Waals surface area contributed by atoms with Crippen molar-refractivity contribution in [3.05, 3.63) is 12.2 Å². The predicted octanol–water partition coefficient (Wildman–Crippen LogP) is 2.44. The van der Waals surface area contributed by atoms with Crippen LogP contribution in [0, 0.1) is 5.92 Å². The quantitative estimate of drug-likeness (QED) is 0.535. The van der Waals surface area contributed by atoms with Gasteiger partial charge in [0.2, 0.25) is 0 Å². The van der Waals surface area contributed by atoms with Gasteiger partial charge in [0, 0.05) is 12.0 Å². The first-order chi connectivity index (χ1) is 6.36. The number of carbonyl (C=O) groups is 1. The molecule has 2 rings (SSSR count). The highest BCUT2D eigenvalue weighted by Crippen LogP contribution is 2.28. The van der Waals surface area contributed by atoms with Crippen molar-refractivity contribution in [3.8, 4) is 0 Å². The van der Waals surface area contributed by atoms with Crippen molar-refractivity contribution in [2.45, 2.75) is 44.6 Å². The predicted molar refractivity (Wildman–Crippen MR) is 50.2 cm³/mol. The molecular formula is C11H16O2. The Labute approximate surface area is 79.0 Å². The van der Waals surface area contributed by atoms with Crippen molar-refractivity contribution in [1.29, 1.82) is 0 Å². The summed E-state index contributed by atoms with van der Waals surface area (Å²) in [5.41, 5.74) is 0. The average molecular weight is 180 g/mol. The molecule has 1 fully saturated rings. The van der Waals surface area contributed by atoms with Crippen LogP contribution in [0.1, 0.15) is 38.5 Å². The molecule has 1 aliphatic carbocycles. The van der Waals surface area contributed by atoms with Gasteiger partial charge in [-0.2, -0.15) is 0 Å². The summed E-state index contributed by atoms with van der Waals surface area (Å²) in [7, 11) is 0. The van der Waals surface area contributed by atoms with Gasteiger partial charge in [-0.15, -0.1) is 0 Å². The SMILES string of the molecule is O=C1C=CC2CCCCCCC2O1. The van der Waals surface area contributed by atoms with Crippen molar-refractivity contribution in [2.75, 3.05) is 0 Å². The molecule has 0 amide bonds. The van der Waals surface area contributed by atoms with Gasteiger partial charge in [0.15, 0.2) is 0 Å². The maximum Gasteiger partial charge on any atom is 0.330 e. The van der Waals surface area contributed by atoms with Gasteiger partial charge in [0.05, 0.1) is 0 Å². The van der Waals surface area contributed by atoms with E-state index in [1.165, 1.54) is 32.1 Å². The Balaban J connectivity index is 2.03. The Bertz CT molecular complexity index is 220. The Morgan fingerprint density at radius 2 is 1.92 bits per heavy atom. The van der Waals surface area contributed by atoms with E-state index < -0.39 is 0 Å². The van der Waals surface area contributed by atoms with Gasteiger partial charge in [-0.1, -0.05) is 25.3 Å². The van der Waals surface area contributed by atoms with Crippen molar-refractivity contribution < 1.29 is 9.53 Å². The Kier molecular flexibility index (Phi) is 2.67. The minimum atomic E-state index is -0.151. The van der Waals surface area contributed by atoms with Crippen LogP contribution in [0.2, 0.25) is 0 Å². The van der Waals surface area contributed by atoms with Crippen LogP contribution in [0.15, 0.2) is 12.2 Å². The molecule has 0 spiro atoms. The van der Waals surface area contributed by atoms with Crippen LogP contribution in [-0.4, -0.2) is 12.1 Å². The Morgan fingerprint density at radius 1 is 1.15 bits per heavy atom. The van der Waals surface area contributed by atoms with E-state index in [9.17, 15) is 4.79 Å². The first kappa shape index (κ1) is 8.79. The van der Waals surface area contributed by atoms with Gasteiger partial charge in [-0.3, -0.25) is 0 Å². The topological polar surface area (TPSA) is 26.3 Å². The molecule has 0 aromatic heterocycles. The van der Waals surface area contributed by atoms with Gasteiger partial charge >= 0.3 is 5.97 Å². The molecule has 0 N–H and O–H groups in total. The molecule has 1 aliphatic heterocycles. The molecule has 2 aliphatic rings. The zero-order valence-electron chi connectivity index (χ0n) is 7.87. The first-order valence-corrected chi connectivity index (χ1v) is 5.25. The van der Waals surface area contributed by atoms with E-state index in [2.05, 4.69) is 0 Å². The van der Waals surface area contributed by atoms with Crippen molar-refractivity contribution in [3.63, 3.8) is 0 Å². The standard InChI is InChI=1S/C11H16O2/c12-11-8-7-9-5-3-1-2-4-6-10(9)13-11/h7-10H,1-6H2. The number of rotatable bonds is 0. The van der Waals surface area contributed by atoms with Crippen LogP contribution in [0.4, 0.5) is 0 Å². The molecule has 0 radical (unpaired) electrons. The lowest BCUT2D eigenvalue weighted by Gasteiger charge is -2.29. The largest absolute Gasteiger partial charge is 0.459 e. The Hall–Kier alpha value is -0.790. The molecule has 2 atom stereocenters. The van der Waals surface area contributed by atoms with Gasteiger partial charge in [0.25, 0.3) is 0 Å². The first-order valence-electron chi connectivity index (χ1n) is 5.25. The summed E-state index contributed by atoms with van der Waals surface area (Å²) in [6.07, 6.45) is 11.2. The van der Waals surface area contributed by atoms with Crippen LogP contribution in [-0.2, 0) is 9.53 Å². The minimum absolute atomic E-state index is 0.151. The summed E-state index contributed by atoms with van der Waals surface area (Å²) in [6, 6.07) is 0. The van der Waals surface area contributed by atoms with Crippen molar-refractivity contribution >= 4 is 5.97 Å². The zero-order chi connectivity index (χ0) is 9.10. The highest BCUT2D eigenvalue weighted by Gasteiger charge is 2.26. The summed E-state index contributed by atoms with van der Waals surface area (Å²) >= 11 is 0. The molecule has 0 bridgehead atoms. The van der Waals surface area contributed by atoms with E-state index in [-0.39, 0.29) is 12.1 Å². The monoisotopic (exact) mass is 180 g/mol. The van der Waals surface area contributed by atoms with E-state index in [0.717, 1.165) is 6.42 Å². The summed E-state index contributed by atoms with van der Waals surface area (Å²) < 4.78 is 5.30. The van der Waals surface area contributed by atoms with Gasteiger partial charge in [0.1, 0.15) is 6.10 Å². The second-order valence-electron chi connectivity index (χ2n) is 3.99. The smallest absolute Gasteiger partial charge is 0.330 e. The minimum Gasteiger partial charge on any atom is -0.459 e. The molecule has 1 heterocycles. The van der Waals surface area contributed by atoms with Crippen molar-refractivity contribution in [1.82, 2.24) is 0 Å². The maximum atomic E-state index is 11.0.